The average Bonchev–Trinajstić information content (AvgIpc) is 2.25. The first-order chi connectivity index (χ1) is 7.52. The van der Waals surface area contributed by atoms with Crippen molar-refractivity contribution in [1.29, 1.82) is 0 Å². The van der Waals surface area contributed by atoms with Crippen molar-refractivity contribution in [3.05, 3.63) is 23.4 Å². The molecule has 0 amide bonds. The Hall–Kier alpha value is -1.62. The number of aromatic nitrogens is 1. The molecule has 1 rings (SSSR count). The monoisotopic (exact) mass is 224 g/mol. The second-order valence-electron chi connectivity index (χ2n) is 3.86. The van der Waals surface area contributed by atoms with Crippen molar-refractivity contribution in [3.8, 4) is 0 Å². The topological polar surface area (TPSA) is 82.5 Å². The molecular formula is C11H16N2O3. The van der Waals surface area contributed by atoms with Crippen LogP contribution in [0.25, 0.3) is 0 Å². The van der Waals surface area contributed by atoms with E-state index < -0.39 is 5.97 Å². The number of hydrogen-bond donors (Lipinski definition) is 3. The van der Waals surface area contributed by atoms with E-state index in [0.29, 0.717) is 18.1 Å². The molecule has 0 fully saturated rings. The molecule has 5 heteroatoms. The molecule has 0 aliphatic rings. The number of carboxylic acid groups (broad SMARTS) is 1. The van der Waals surface area contributed by atoms with Crippen LogP contribution in [0.15, 0.2) is 12.1 Å². The fourth-order valence-electron chi connectivity index (χ4n) is 1.23. The van der Waals surface area contributed by atoms with Crippen molar-refractivity contribution in [3.63, 3.8) is 0 Å². The molecule has 0 aliphatic carbocycles. The Morgan fingerprint density at radius 1 is 1.56 bits per heavy atom. The van der Waals surface area contributed by atoms with Crippen LogP contribution in [0.3, 0.4) is 0 Å². The SMILES string of the molecule is Cc1cc(C(=O)O)cc(NCC(C)CO)n1. The number of carboxylic acids is 1. The molecule has 1 unspecified atom stereocenters. The summed E-state index contributed by atoms with van der Waals surface area (Å²) in [6.45, 7) is 4.28. The number of aryl methyl sites for hydroxylation is 1. The highest BCUT2D eigenvalue weighted by molar-refractivity contribution is 5.88. The Kier molecular flexibility index (Phi) is 4.25. The van der Waals surface area contributed by atoms with E-state index in [1.165, 1.54) is 12.1 Å². The van der Waals surface area contributed by atoms with Crippen LogP contribution in [0, 0.1) is 12.8 Å². The molecule has 0 spiro atoms. The van der Waals surface area contributed by atoms with E-state index in [-0.39, 0.29) is 18.1 Å². The summed E-state index contributed by atoms with van der Waals surface area (Å²) in [7, 11) is 0. The molecule has 0 aromatic carbocycles. The van der Waals surface area contributed by atoms with E-state index in [1.807, 2.05) is 6.92 Å². The zero-order chi connectivity index (χ0) is 12.1. The van der Waals surface area contributed by atoms with Crippen LogP contribution in [0.2, 0.25) is 0 Å². The lowest BCUT2D eigenvalue weighted by atomic mass is 10.2. The zero-order valence-corrected chi connectivity index (χ0v) is 9.40. The van der Waals surface area contributed by atoms with Gasteiger partial charge in [-0.2, -0.15) is 0 Å². The maximum atomic E-state index is 10.8. The Morgan fingerprint density at radius 3 is 2.81 bits per heavy atom. The van der Waals surface area contributed by atoms with Gasteiger partial charge in [0.25, 0.3) is 0 Å². The molecule has 0 saturated carbocycles. The standard InChI is InChI=1S/C11H16N2O3/c1-7(6-14)5-12-10-4-9(11(15)16)3-8(2)13-10/h3-4,7,14H,5-6H2,1-2H3,(H,12,13)(H,15,16). The lowest BCUT2D eigenvalue weighted by molar-refractivity contribution is 0.0696. The Bertz CT molecular complexity index is 379. The van der Waals surface area contributed by atoms with Crippen LogP contribution in [-0.2, 0) is 0 Å². The van der Waals surface area contributed by atoms with Crippen LogP contribution in [0.5, 0.6) is 0 Å². The number of pyridine rings is 1. The molecule has 0 saturated heterocycles. The minimum atomic E-state index is -0.969. The fourth-order valence-corrected chi connectivity index (χ4v) is 1.23. The summed E-state index contributed by atoms with van der Waals surface area (Å²) in [5.41, 5.74) is 0.866. The largest absolute Gasteiger partial charge is 0.478 e. The lowest BCUT2D eigenvalue weighted by Gasteiger charge is -2.11. The summed E-state index contributed by atoms with van der Waals surface area (Å²) in [5.74, 6) is -0.336. The highest BCUT2D eigenvalue weighted by Gasteiger charge is 2.07. The summed E-state index contributed by atoms with van der Waals surface area (Å²) < 4.78 is 0. The van der Waals surface area contributed by atoms with Gasteiger partial charge in [-0.1, -0.05) is 6.92 Å². The summed E-state index contributed by atoms with van der Waals surface area (Å²) >= 11 is 0. The van der Waals surface area contributed by atoms with Gasteiger partial charge in [-0.25, -0.2) is 9.78 Å². The van der Waals surface area contributed by atoms with Gasteiger partial charge in [0.2, 0.25) is 0 Å². The minimum Gasteiger partial charge on any atom is -0.478 e. The molecule has 0 aliphatic heterocycles. The van der Waals surface area contributed by atoms with Gasteiger partial charge >= 0.3 is 5.97 Å². The van der Waals surface area contributed by atoms with Crippen molar-refractivity contribution in [2.75, 3.05) is 18.5 Å². The van der Waals surface area contributed by atoms with Gasteiger partial charge in [-0.05, 0) is 25.0 Å². The highest BCUT2D eigenvalue weighted by Crippen LogP contribution is 2.10. The first-order valence-electron chi connectivity index (χ1n) is 5.09. The first kappa shape index (κ1) is 12.4. The molecule has 5 nitrogen and oxygen atoms in total. The first-order valence-corrected chi connectivity index (χ1v) is 5.09. The lowest BCUT2D eigenvalue weighted by Crippen LogP contribution is -2.15. The van der Waals surface area contributed by atoms with E-state index >= 15 is 0 Å². The van der Waals surface area contributed by atoms with Gasteiger partial charge in [0.1, 0.15) is 5.82 Å². The molecule has 1 atom stereocenters. The van der Waals surface area contributed by atoms with Crippen LogP contribution in [-0.4, -0.2) is 34.3 Å². The van der Waals surface area contributed by atoms with E-state index in [0.717, 1.165) is 0 Å². The number of nitrogens with one attached hydrogen (secondary N) is 1. The van der Waals surface area contributed by atoms with Gasteiger partial charge in [0.05, 0.1) is 5.56 Å². The third kappa shape index (κ3) is 3.51. The molecule has 88 valence electrons. The fraction of sp³-hybridized carbons (Fsp3) is 0.455. The van der Waals surface area contributed by atoms with Gasteiger partial charge in [-0.3, -0.25) is 0 Å². The summed E-state index contributed by atoms with van der Waals surface area (Å²) in [6.07, 6.45) is 0. The van der Waals surface area contributed by atoms with Crippen molar-refractivity contribution >= 4 is 11.8 Å². The molecule has 1 aromatic rings. The second kappa shape index (κ2) is 5.46. The van der Waals surface area contributed by atoms with Crippen molar-refractivity contribution in [2.24, 2.45) is 5.92 Å². The predicted octanol–water partition coefficient (Wildman–Crippen LogP) is 1.13. The maximum Gasteiger partial charge on any atom is 0.335 e. The van der Waals surface area contributed by atoms with Crippen LogP contribution < -0.4 is 5.32 Å². The third-order valence-electron chi connectivity index (χ3n) is 2.14. The van der Waals surface area contributed by atoms with Gasteiger partial charge in [0, 0.05) is 18.8 Å². The summed E-state index contributed by atoms with van der Waals surface area (Å²) in [4.78, 5) is 15.0. The minimum absolute atomic E-state index is 0.0879. The Morgan fingerprint density at radius 2 is 2.25 bits per heavy atom. The second-order valence-corrected chi connectivity index (χ2v) is 3.86. The molecule has 3 N–H and O–H groups in total. The number of hydrogen-bond acceptors (Lipinski definition) is 4. The number of nitrogens with zero attached hydrogens (tertiary/aromatic N) is 1. The molecule has 1 aromatic heterocycles. The smallest absolute Gasteiger partial charge is 0.335 e. The van der Waals surface area contributed by atoms with E-state index in [2.05, 4.69) is 10.3 Å². The molecule has 1 heterocycles. The normalized spacial score (nSPS) is 12.2. The number of aromatic carboxylic acids is 1. The van der Waals surface area contributed by atoms with E-state index in [4.69, 9.17) is 10.2 Å². The summed E-state index contributed by atoms with van der Waals surface area (Å²) in [5, 5.41) is 20.7. The molecule has 16 heavy (non-hydrogen) atoms. The third-order valence-corrected chi connectivity index (χ3v) is 2.14. The zero-order valence-electron chi connectivity index (χ0n) is 9.40. The van der Waals surface area contributed by atoms with Crippen LogP contribution in [0.4, 0.5) is 5.82 Å². The Balaban J connectivity index is 2.76. The van der Waals surface area contributed by atoms with Crippen LogP contribution in [0.1, 0.15) is 23.0 Å². The van der Waals surface area contributed by atoms with Gasteiger partial charge in [-0.15, -0.1) is 0 Å². The maximum absolute atomic E-state index is 10.8. The predicted molar refractivity (Wildman–Crippen MR) is 60.7 cm³/mol. The number of anilines is 1. The van der Waals surface area contributed by atoms with Crippen molar-refractivity contribution in [1.82, 2.24) is 4.98 Å². The highest BCUT2D eigenvalue weighted by atomic mass is 16.4. The quantitative estimate of drug-likeness (QED) is 0.698. The van der Waals surface area contributed by atoms with Crippen molar-refractivity contribution in [2.45, 2.75) is 13.8 Å². The van der Waals surface area contributed by atoms with E-state index in [9.17, 15) is 4.79 Å². The van der Waals surface area contributed by atoms with E-state index in [1.54, 1.807) is 6.92 Å². The molecule has 0 bridgehead atoms. The molecule has 0 radical (unpaired) electrons. The van der Waals surface area contributed by atoms with Crippen molar-refractivity contribution < 1.29 is 15.0 Å². The van der Waals surface area contributed by atoms with Gasteiger partial charge in [0.15, 0.2) is 0 Å². The average molecular weight is 224 g/mol. The molecular weight excluding hydrogens is 208 g/mol. The summed E-state index contributed by atoms with van der Waals surface area (Å²) in [6, 6.07) is 3.00. The van der Waals surface area contributed by atoms with Gasteiger partial charge < -0.3 is 15.5 Å². The number of rotatable bonds is 5. The number of aliphatic hydroxyl groups is 1. The number of aliphatic hydroxyl groups excluding tert-OH is 1. The number of carbonyl (C=O) groups is 1. The van der Waals surface area contributed by atoms with Crippen LogP contribution >= 0.6 is 0 Å². The Labute approximate surface area is 94.1 Å².